The Labute approximate surface area is 175 Å². The Morgan fingerprint density at radius 3 is 2.11 bits per heavy atom. The van der Waals surface area contributed by atoms with Crippen molar-refractivity contribution in [3.63, 3.8) is 0 Å². The van der Waals surface area contributed by atoms with Crippen LogP contribution in [0.15, 0.2) is 48.5 Å². The molecule has 2 aromatic carbocycles. The van der Waals surface area contributed by atoms with Gasteiger partial charge in [0.2, 0.25) is 5.91 Å². The number of nitrogens with one attached hydrogen (secondary N) is 1. The Morgan fingerprint density at radius 2 is 1.57 bits per heavy atom. The highest BCUT2D eigenvalue weighted by Crippen LogP contribution is 2.18. The fourth-order valence-corrected chi connectivity index (χ4v) is 3.01. The standard InChI is InChI=1S/C21H24Cl2N2O3/c1-3-19(21(27)24-4-2)25(13-15-5-7-16(22)8-6-15)20(26)14-28-18-11-9-17(23)10-12-18/h5-12,19H,3-4,13-14H2,1-2H3,(H,24,27). The van der Waals surface area contributed by atoms with Gasteiger partial charge in [-0.15, -0.1) is 0 Å². The molecule has 0 radical (unpaired) electrons. The van der Waals surface area contributed by atoms with Gasteiger partial charge in [-0.1, -0.05) is 42.3 Å². The molecule has 1 N–H and O–H groups in total. The molecule has 0 saturated heterocycles. The molecule has 1 unspecified atom stereocenters. The minimum absolute atomic E-state index is 0.175. The molecule has 0 aromatic heterocycles. The van der Waals surface area contributed by atoms with Gasteiger partial charge in [-0.2, -0.15) is 0 Å². The maximum absolute atomic E-state index is 12.9. The second-order valence-electron chi connectivity index (χ2n) is 6.21. The molecule has 0 saturated carbocycles. The van der Waals surface area contributed by atoms with Crippen LogP contribution in [0.5, 0.6) is 5.75 Å². The van der Waals surface area contributed by atoms with E-state index in [-0.39, 0.29) is 25.0 Å². The summed E-state index contributed by atoms with van der Waals surface area (Å²) in [5.41, 5.74) is 0.881. The van der Waals surface area contributed by atoms with Crippen LogP contribution in [0.2, 0.25) is 10.0 Å². The molecule has 0 fully saturated rings. The van der Waals surface area contributed by atoms with E-state index < -0.39 is 6.04 Å². The molecule has 5 nitrogen and oxygen atoms in total. The maximum Gasteiger partial charge on any atom is 0.261 e. The van der Waals surface area contributed by atoms with E-state index in [1.54, 1.807) is 41.3 Å². The topological polar surface area (TPSA) is 58.6 Å². The van der Waals surface area contributed by atoms with Gasteiger partial charge in [0.05, 0.1) is 0 Å². The van der Waals surface area contributed by atoms with Crippen molar-refractivity contribution in [2.24, 2.45) is 0 Å². The summed E-state index contributed by atoms with van der Waals surface area (Å²) in [6, 6.07) is 13.4. The number of amides is 2. The number of carbonyl (C=O) groups is 2. The first-order valence-corrected chi connectivity index (χ1v) is 9.90. The van der Waals surface area contributed by atoms with Gasteiger partial charge in [0, 0.05) is 23.1 Å². The van der Waals surface area contributed by atoms with Crippen molar-refractivity contribution in [3.8, 4) is 5.75 Å². The second-order valence-corrected chi connectivity index (χ2v) is 7.08. The zero-order valence-electron chi connectivity index (χ0n) is 16.0. The summed E-state index contributed by atoms with van der Waals surface area (Å²) >= 11 is 11.8. The zero-order valence-corrected chi connectivity index (χ0v) is 17.5. The van der Waals surface area contributed by atoms with Crippen molar-refractivity contribution in [2.45, 2.75) is 32.9 Å². The van der Waals surface area contributed by atoms with E-state index in [4.69, 9.17) is 27.9 Å². The van der Waals surface area contributed by atoms with Crippen molar-refractivity contribution in [2.75, 3.05) is 13.2 Å². The predicted molar refractivity (Wildman–Crippen MR) is 112 cm³/mol. The van der Waals surface area contributed by atoms with Crippen LogP contribution in [0, 0.1) is 0 Å². The lowest BCUT2D eigenvalue weighted by atomic mass is 10.1. The monoisotopic (exact) mass is 422 g/mol. The summed E-state index contributed by atoms with van der Waals surface area (Å²) in [6.07, 6.45) is 0.492. The Hall–Kier alpha value is -2.24. The summed E-state index contributed by atoms with van der Waals surface area (Å²) in [4.78, 5) is 27.0. The molecular weight excluding hydrogens is 399 g/mol. The highest BCUT2D eigenvalue weighted by Gasteiger charge is 2.28. The van der Waals surface area contributed by atoms with Crippen LogP contribution < -0.4 is 10.1 Å². The van der Waals surface area contributed by atoms with E-state index in [0.29, 0.717) is 28.8 Å². The fourth-order valence-electron chi connectivity index (χ4n) is 2.76. The van der Waals surface area contributed by atoms with Crippen LogP contribution in [-0.2, 0) is 16.1 Å². The molecule has 0 spiro atoms. The minimum atomic E-state index is -0.586. The molecule has 0 aliphatic carbocycles. The largest absolute Gasteiger partial charge is 0.484 e. The van der Waals surface area contributed by atoms with E-state index in [0.717, 1.165) is 5.56 Å². The van der Waals surface area contributed by atoms with E-state index in [9.17, 15) is 9.59 Å². The van der Waals surface area contributed by atoms with E-state index in [2.05, 4.69) is 5.32 Å². The Bertz CT molecular complexity index is 779. The molecule has 28 heavy (non-hydrogen) atoms. The molecule has 0 bridgehead atoms. The Kier molecular flexibility index (Phi) is 8.61. The van der Waals surface area contributed by atoms with Gasteiger partial charge in [-0.3, -0.25) is 9.59 Å². The third kappa shape index (κ3) is 6.43. The Morgan fingerprint density at radius 1 is 1.00 bits per heavy atom. The molecule has 1 atom stereocenters. The molecule has 2 amide bonds. The highest BCUT2D eigenvalue weighted by atomic mass is 35.5. The fraction of sp³-hybridized carbons (Fsp3) is 0.333. The van der Waals surface area contributed by atoms with Crippen LogP contribution in [0.4, 0.5) is 0 Å². The number of ether oxygens (including phenoxy) is 1. The van der Waals surface area contributed by atoms with Gasteiger partial charge in [0.1, 0.15) is 11.8 Å². The highest BCUT2D eigenvalue weighted by molar-refractivity contribution is 6.30. The van der Waals surface area contributed by atoms with E-state index in [1.807, 2.05) is 26.0 Å². The van der Waals surface area contributed by atoms with E-state index >= 15 is 0 Å². The first-order chi connectivity index (χ1) is 13.4. The second kappa shape index (κ2) is 10.9. The molecule has 150 valence electrons. The molecular formula is C21H24Cl2N2O3. The number of hydrogen-bond acceptors (Lipinski definition) is 3. The smallest absolute Gasteiger partial charge is 0.261 e. The molecule has 2 aromatic rings. The van der Waals surface area contributed by atoms with Crippen molar-refractivity contribution >= 4 is 35.0 Å². The number of carbonyl (C=O) groups excluding carboxylic acids is 2. The molecule has 0 aliphatic rings. The number of halogens is 2. The van der Waals surface area contributed by atoms with Crippen LogP contribution in [-0.4, -0.2) is 35.9 Å². The SMILES string of the molecule is CCNC(=O)C(CC)N(Cc1ccc(Cl)cc1)C(=O)COc1ccc(Cl)cc1. The van der Waals surface area contributed by atoms with Crippen molar-refractivity contribution < 1.29 is 14.3 Å². The minimum Gasteiger partial charge on any atom is -0.484 e. The number of benzene rings is 2. The summed E-state index contributed by atoms with van der Waals surface area (Å²) < 4.78 is 5.59. The van der Waals surface area contributed by atoms with Gasteiger partial charge in [0.15, 0.2) is 6.61 Å². The first-order valence-electron chi connectivity index (χ1n) is 9.14. The normalized spacial score (nSPS) is 11.6. The summed E-state index contributed by atoms with van der Waals surface area (Å²) in [5.74, 6) is 0.0806. The average Bonchev–Trinajstić information content (AvgIpc) is 2.69. The van der Waals surface area contributed by atoms with Crippen LogP contribution in [0.25, 0.3) is 0 Å². The van der Waals surface area contributed by atoms with Gasteiger partial charge in [0.25, 0.3) is 5.91 Å². The zero-order chi connectivity index (χ0) is 20.5. The average molecular weight is 423 g/mol. The van der Waals surface area contributed by atoms with Gasteiger partial charge in [-0.05, 0) is 55.3 Å². The van der Waals surface area contributed by atoms with Crippen LogP contribution in [0.1, 0.15) is 25.8 Å². The lowest BCUT2D eigenvalue weighted by Crippen LogP contribution is -2.50. The number of likely N-dealkylation sites (N-methyl/N-ethyl adjacent to an activating group) is 1. The number of hydrogen-bond donors (Lipinski definition) is 1. The molecule has 0 heterocycles. The summed E-state index contributed by atoms with van der Waals surface area (Å²) in [6.45, 7) is 4.34. The van der Waals surface area contributed by atoms with Crippen molar-refractivity contribution in [3.05, 3.63) is 64.1 Å². The number of nitrogens with zero attached hydrogens (tertiary/aromatic N) is 1. The maximum atomic E-state index is 12.9. The van der Waals surface area contributed by atoms with Gasteiger partial charge in [-0.25, -0.2) is 0 Å². The van der Waals surface area contributed by atoms with Crippen molar-refractivity contribution in [1.82, 2.24) is 10.2 Å². The van der Waals surface area contributed by atoms with Crippen molar-refractivity contribution in [1.29, 1.82) is 0 Å². The third-order valence-electron chi connectivity index (χ3n) is 4.18. The first kappa shape index (κ1) is 22.1. The van der Waals surface area contributed by atoms with Gasteiger partial charge < -0.3 is 15.0 Å². The molecule has 7 heteroatoms. The Balaban J connectivity index is 2.16. The lowest BCUT2D eigenvalue weighted by Gasteiger charge is -2.30. The third-order valence-corrected chi connectivity index (χ3v) is 4.68. The summed E-state index contributed by atoms with van der Waals surface area (Å²) in [7, 11) is 0. The molecule has 2 rings (SSSR count). The van der Waals surface area contributed by atoms with Crippen LogP contribution >= 0.6 is 23.2 Å². The summed E-state index contributed by atoms with van der Waals surface area (Å²) in [5, 5.41) is 4.00. The number of rotatable bonds is 9. The quantitative estimate of drug-likeness (QED) is 0.654. The predicted octanol–water partition coefficient (Wildman–Crippen LogP) is 4.32. The van der Waals surface area contributed by atoms with Gasteiger partial charge >= 0.3 is 0 Å². The molecule has 0 aliphatic heterocycles. The van der Waals surface area contributed by atoms with E-state index in [1.165, 1.54) is 0 Å². The van der Waals surface area contributed by atoms with Crippen LogP contribution in [0.3, 0.4) is 0 Å². The lowest BCUT2D eigenvalue weighted by molar-refractivity contribution is -0.142.